The van der Waals surface area contributed by atoms with Crippen LogP contribution < -0.4 is 10.9 Å². The minimum absolute atomic E-state index is 0.0276. The molecule has 0 aliphatic rings. The number of rotatable bonds is 11. The Kier molecular flexibility index (Phi) is 9.55. The van der Waals surface area contributed by atoms with Gasteiger partial charge in [0.2, 0.25) is 0 Å². The lowest BCUT2D eigenvalue weighted by atomic mass is 9.98. The highest BCUT2D eigenvalue weighted by atomic mass is 35.5. The number of nitrogens with one attached hydrogen (secondary N) is 2. The lowest BCUT2D eigenvalue weighted by molar-refractivity contribution is -0.137. The van der Waals surface area contributed by atoms with E-state index in [2.05, 4.69) is 15.3 Å². The molecular formula is C29H27ClF3N3O3S. The molecule has 3 N–H and O–H groups in total. The van der Waals surface area contributed by atoms with Crippen molar-refractivity contribution in [1.29, 1.82) is 0 Å². The van der Waals surface area contributed by atoms with Crippen LogP contribution in [0.2, 0.25) is 5.02 Å². The molecule has 2 heterocycles. The molecular weight excluding hydrogens is 563 g/mol. The predicted octanol–water partition coefficient (Wildman–Crippen LogP) is 6.63. The summed E-state index contributed by atoms with van der Waals surface area (Å²) < 4.78 is 40.6. The molecule has 0 amide bonds. The molecule has 0 aliphatic heterocycles. The first-order chi connectivity index (χ1) is 19.0. The van der Waals surface area contributed by atoms with Gasteiger partial charge in [-0.1, -0.05) is 17.7 Å². The van der Waals surface area contributed by atoms with Crippen molar-refractivity contribution in [3.63, 3.8) is 0 Å². The fraction of sp³-hybridized carbons (Fsp3) is 0.276. The maximum Gasteiger partial charge on any atom is 0.416 e. The van der Waals surface area contributed by atoms with Gasteiger partial charge in [0.05, 0.1) is 16.2 Å². The van der Waals surface area contributed by atoms with Crippen molar-refractivity contribution in [1.82, 2.24) is 15.3 Å². The highest BCUT2D eigenvalue weighted by molar-refractivity contribution is 8.00. The summed E-state index contributed by atoms with van der Waals surface area (Å²) >= 11 is 7.06. The maximum atomic E-state index is 13.5. The smallest absolute Gasteiger partial charge is 0.416 e. The van der Waals surface area contributed by atoms with Crippen LogP contribution >= 0.6 is 23.4 Å². The molecule has 1 unspecified atom stereocenters. The van der Waals surface area contributed by atoms with Gasteiger partial charge in [0, 0.05) is 57.8 Å². The first-order valence-electron chi connectivity index (χ1n) is 12.6. The van der Waals surface area contributed by atoms with Gasteiger partial charge in [-0.2, -0.15) is 13.2 Å². The van der Waals surface area contributed by atoms with Gasteiger partial charge in [0.25, 0.3) is 5.56 Å². The van der Waals surface area contributed by atoms with Crippen LogP contribution in [-0.4, -0.2) is 39.2 Å². The monoisotopic (exact) mass is 589 g/mol. The third-order valence-electron chi connectivity index (χ3n) is 6.27. The molecule has 11 heteroatoms. The van der Waals surface area contributed by atoms with Gasteiger partial charge in [-0.25, -0.2) is 0 Å². The summed E-state index contributed by atoms with van der Waals surface area (Å²) in [6.07, 6.45) is -1.28. The second-order valence-corrected chi connectivity index (χ2v) is 10.8. The number of pyridine rings is 2. The Labute approximate surface area is 238 Å². The number of nitrogens with zero attached hydrogens (tertiary/aromatic N) is 1. The van der Waals surface area contributed by atoms with Gasteiger partial charge < -0.3 is 15.4 Å². The molecule has 0 bridgehead atoms. The van der Waals surface area contributed by atoms with Crippen LogP contribution in [0.4, 0.5) is 13.2 Å². The molecule has 0 radical (unpaired) electrons. The first kappa shape index (κ1) is 29.6. The summed E-state index contributed by atoms with van der Waals surface area (Å²) in [6.45, 7) is 2.65. The number of alkyl halides is 3. The van der Waals surface area contributed by atoms with Gasteiger partial charge in [-0.05, 0) is 68.4 Å². The van der Waals surface area contributed by atoms with Crippen molar-refractivity contribution >= 4 is 40.0 Å². The van der Waals surface area contributed by atoms with Crippen molar-refractivity contribution in [3.8, 4) is 16.9 Å². The van der Waals surface area contributed by atoms with E-state index in [0.29, 0.717) is 13.0 Å². The Balaban J connectivity index is 1.51. The number of hydrogen-bond donors (Lipinski definition) is 3. The Morgan fingerprint density at radius 3 is 2.70 bits per heavy atom. The SMILES string of the molecule is CC(Cc1ccccn1)NCCCC(=O)CSc1c(-c2cc(Cl)ccc2O)c2cc(C(F)(F)F)ccc2[nH]c1=O. The van der Waals surface area contributed by atoms with E-state index in [0.717, 1.165) is 36.0 Å². The highest BCUT2D eigenvalue weighted by Gasteiger charge is 2.31. The van der Waals surface area contributed by atoms with E-state index in [1.54, 1.807) is 6.20 Å². The Morgan fingerprint density at radius 2 is 1.98 bits per heavy atom. The fourth-order valence-electron chi connectivity index (χ4n) is 4.33. The minimum Gasteiger partial charge on any atom is -0.507 e. The number of carbonyl (C=O) groups excluding carboxylic acids is 1. The number of H-pyrrole nitrogens is 1. The highest BCUT2D eigenvalue weighted by Crippen LogP contribution is 2.42. The quantitative estimate of drug-likeness (QED) is 0.134. The van der Waals surface area contributed by atoms with E-state index in [1.807, 2.05) is 25.1 Å². The predicted molar refractivity (Wildman–Crippen MR) is 152 cm³/mol. The van der Waals surface area contributed by atoms with Gasteiger partial charge in [0.1, 0.15) is 11.5 Å². The summed E-state index contributed by atoms with van der Waals surface area (Å²) in [7, 11) is 0. The number of phenolic OH excluding ortho intramolecular Hbond substituents is 1. The normalized spacial score (nSPS) is 12.5. The lowest BCUT2D eigenvalue weighted by Crippen LogP contribution is -2.29. The number of benzene rings is 2. The van der Waals surface area contributed by atoms with Crippen LogP contribution in [0.5, 0.6) is 5.75 Å². The number of halogens is 4. The molecule has 0 saturated carbocycles. The molecule has 0 aliphatic carbocycles. The van der Waals surface area contributed by atoms with Gasteiger partial charge in [0.15, 0.2) is 0 Å². The van der Waals surface area contributed by atoms with E-state index >= 15 is 0 Å². The average Bonchev–Trinajstić information content (AvgIpc) is 2.91. The molecule has 40 heavy (non-hydrogen) atoms. The standard InChI is InChI=1S/C29H27ClF3N3O3S/c1-17(13-20-5-2-3-11-35-20)34-12-4-6-21(37)16-40-27-26(23-15-19(30)8-10-25(23)38)22-14-18(29(31,32)33)7-9-24(22)36-28(27)39/h2-3,5,7-11,14-15,17,34,38H,4,6,12-13,16H2,1H3,(H,36,39). The van der Waals surface area contributed by atoms with Crippen molar-refractivity contribution in [2.75, 3.05) is 12.3 Å². The van der Waals surface area contributed by atoms with Crippen LogP contribution in [0, 0.1) is 0 Å². The topological polar surface area (TPSA) is 95.1 Å². The maximum absolute atomic E-state index is 13.5. The number of thioether (sulfide) groups is 1. The number of carbonyl (C=O) groups is 1. The number of hydrogen-bond acceptors (Lipinski definition) is 6. The average molecular weight is 590 g/mol. The molecule has 0 spiro atoms. The van der Waals surface area contributed by atoms with Crippen molar-refractivity contribution in [2.45, 2.75) is 43.3 Å². The largest absolute Gasteiger partial charge is 0.507 e. The molecule has 210 valence electrons. The van der Waals surface area contributed by atoms with Gasteiger partial charge >= 0.3 is 6.18 Å². The van der Waals surface area contributed by atoms with E-state index in [-0.39, 0.29) is 61.7 Å². The van der Waals surface area contributed by atoms with E-state index in [4.69, 9.17) is 11.6 Å². The van der Waals surface area contributed by atoms with Crippen molar-refractivity contribution in [3.05, 3.63) is 87.4 Å². The third-order valence-corrected chi connectivity index (χ3v) is 7.65. The Hall–Kier alpha value is -3.34. The molecule has 2 aromatic heterocycles. The number of phenols is 1. The lowest BCUT2D eigenvalue weighted by Gasteiger charge is -2.16. The summed E-state index contributed by atoms with van der Waals surface area (Å²) in [5.41, 5.74) is -0.166. The zero-order valence-electron chi connectivity index (χ0n) is 21.5. The third kappa shape index (κ3) is 7.44. The second-order valence-electron chi connectivity index (χ2n) is 9.39. The van der Waals surface area contributed by atoms with Crippen LogP contribution in [0.15, 0.2) is 70.5 Å². The Bertz CT molecular complexity index is 1560. The number of fused-ring (bicyclic) bond motifs is 1. The van der Waals surface area contributed by atoms with Gasteiger partial charge in [-0.15, -0.1) is 11.8 Å². The van der Waals surface area contributed by atoms with Crippen LogP contribution in [0.1, 0.15) is 31.0 Å². The molecule has 0 saturated heterocycles. The summed E-state index contributed by atoms with van der Waals surface area (Å²) in [4.78, 5) is 32.7. The van der Waals surface area contributed by atoms with E-state index in [9.17, 15) is 27.9 Å². The van der Waals surface area contributed by atoms with E-state index in [1.165, 1.54) is 24.3 Å². The molecule has 4 aromatic rings. The fourth-order valence-corrected chi connectivity index (χ4v) is 5.50. The molecule has 2 aromatic carbocycles. The molecule has 1 atom stereocenters. The zero-order chi connectivity index (χ0) is 28.9. The molecule has 6 nitrogen and oxygen atoms in total. The van der Waals surface area contributed by atoms with Crippen molar-refractivity contribution in [2.24, 2.45) is 0 Å². The summed E-state index contributed by atoms with van der Waals surface area (Å²) in [6, 6.07) is 13.0. The number of aromatic amines is 1. The van der Waals surface area contributed by atoms with Crippen LogP contribution in [-0.2, 0) is 17.4 Å². The number of aromatic nitrogens is 2. The zero-order valence-corrected chi connectivity index (χ0v) is 23.1. The summed E-state index contributed by atoms with van der Waals surface area (Å²) in [5, 5.41) is 14.2. The molecule has 4 rings (SSSR count). The molecule has 0 fully saturated rings. The van der Waals surface area contributed by atoms with Gasteiger partial charge in [-0.3, -0.25) is 14.6 Å². The van der Waals surface area contributed by atoms with E-state index < -0.39 is 17.3 Å². The summed E-state index contributed by atoms with van der Waals surface area (Å²) in [5.74, 6) is -0.437. The number of ketones is 1. The van der Waals surface area contributed by atoms with Crippen molar-refractivity contribution < 1.29 is 23.1 Å². The minimum atomic E-state index is -4.62. The van der Waals surface area contributed by atoms with Crippen LogP contribution in [0.3, 0.4) is 0 Å². The first-order valence-corrected chi connectivity index (χ1v) is 13.9. The van der Waals surface area contributed by atoms with Crippen LogP contribution in [0.25, 0.3) is 22.0 Å². The number of Topliss-reactive ketones (excluding diaryl/α,β-unsaturated/α-hetero) is 1. The second kappa shape index (κ2) is 12.9. The Morgan fingerprint density at radius 1 is 1.18 bits per heavy atom. The number of aromatic hydroxyl groups is 1.